The molecule has 6 aromatic rings. The number of nitrogens with zero attached hydrogens (tertiary/aromatic N) is 5. The van der Waals surface area contributed by atoms with Gasteiger partial charge in [0.15, 0.2) is 11.5 Å². The number of rotatable bonds is 5. The van der Waals surface area contributed by atoms with Crippen LogP contribution in [0.1, 0.15) is 18.2 Å². The number of amides is 1. The average Bonchev–Trinajstić information content (AvgIpc) is 3.61. The second kappa shape index (κ2) is 8.41. The highest BCUT2D eigenvalue weighted by Crippen LogP contribution is 2.34. The summed E-state index contributed by atoms with van der Waals surface area (Å²) in [6.45, 7) is 3.89. The predicted molar refractivity (Wildman–Crippen MR) is 137 cm³/mol. The van der Waals surface area contributed by atoms with Crippen LogP contribution in [0.3, 0.4) is 0 Å². The number of anilines is 1. The molecule has 10 heteroatoms. The number of aromatic amines is 2. The Morgan fingerprint density at radius 1 is 1.00 bits per heavy atom. The molecule has 35 heavy (non-hydrogen) atoms. The van der Waals surface area contributed by atoms with Gasteiger partial charge in [0.25, 0.3) is 0 Å². The molecule has 0 aromatic carbocycles. The van der Waals surface area contributed by atoms with E-state index in [1.165, 1.54) is 4.88 Å². The zero-order valence-electron chi connectivity index (χ0n) is 19.0. The first-order valence-corrected chi connectivity index (χ1v) is 11.9. The lowest BCUT2D eigenvalue weighted by atomic mass is 10.1. The van der Waals surface area contributed by atoms with Gasteiger partial charge in [-0.3, -0.25) is 19.9 Å². The van der Waals surface area contributed by atoms with Crippen molar-refractivity contribution in [2.75, 3.05) is 5.32 Å². The van der Waals surface area contributed by atoms with Crippen LogP contribution in [0, 0.1) is 6.92 Å². The average molecular weight is 481 g/mol. The van der Waals surface area contributed by atoms with E-state index in [2.05, 4.69) is 49.5 Å². The lowest BCUT2D eigenvalue weighted by Crippen LogP contribution is -2.09. The molecule has 0 saturated carbocycles. The number of pyridine rings is 3. The van der Waals surface area contributed by atoms with Crippen molar-refractivity contribution in [3.05, 3.63) is 60.0 Å². The van der Waals surface area contributed by atoms with Crippen molar-refractivity contribution >= 4 is 45.0 Å². The van der Waals surface area contributed by atoms with E-state index < -0.39 is 0 Å². The number of nitrogens with one attached hydrogen (secondary N) is 3. The van der Waals surface area contributed by atoms with E-state index in [4.69, 9.17) is 9.97 Å². The molecule has 6 rings (SSSR count). The Morgan fingerprint density at radius 2 is 1.89 bits per heavy atom. The lowest BCUT2D eigenvalue weighted by Gasteiger charge is -2.06. The van der Waals surface area contributed by atoms with E-state index in [1.54, 1.807) is 36.9 Å². The second-order valence-corrected chi connectivity index (χ2v) is 9.40. The van der Waals surface area contributed by atoms with Gasteiger partial charge in [-0.1, -0.05) is 6.92 Å². The van der Waals surface area contributed by atoms with Gasteiger partial charge in [-0.25, -0.2) is 9.97 Å². The fourth-order valence-corrected chi connectivity index (χ4v) is 4.81. The van der Waals surface area contributed by atoms with E-state index >= 15 is 0 Å². The summed E-state index contributed by atoms with van der Waals surface area (Å²) in [5.74, 6) is 0.543. The van der Waals surface area contributed by atoms with Crippen molar-refractivity contribution in [3.63, 3.8) is 0 Å². The molecule has 0 fully saturated rings. The predicted octanol–water partition coefficient (Wildman–Crippen LogP) is 5.34. The normalized spacial score (nSPS) is 11.4. The van der Waals surface area contributed by atoms with Gasteiger partial charge in [-0.15, -0.1) is 11.3 Å². The lowest BCUT2D eigenvalue weighted by molar-refractivity contribution is -0.115. The summed E-state index contributed by atoms with van der Waals surface area (Å²) in [5, 5.41) is 10.4. The summed E-state index contributed by atoms with van der Waals surface area (Å²) >= 11 is 1.71. The van der Waals surface area contributed by atoms with Crippen LogP contribution >= 0.6 is 11.3 Å². The Labute approximate surface area is 203 Å². The molecule has 172 valence electrons. The Morgan fingerprint density at radius 3 is 2.71 bits per heavy atom. The molecule has 0 unspecified atom stereocenters. The Bertz CT molecular complexity index is 1710. The molecule has 0 radical (unpaired) electrons. The maximum absolute atomic E-state index is 11.8. The SMILES string of the molecule is CCC(=O)Nc1cncc(-c2ccc3[nH]nc(-c4nc5c(-c6ccc(C)s6)cncc5[nH]4)c3n2)c1. The number of carbonyl (C=O) groups is 1. The van der Waals surface area contributed by atoms with Crippen molar-refractivity contribution in [2.24, 2.45) is 0 Å². The highest BCUT2D eigenvalue weighted by atomic mass is 32.1. The third kappa shape index (κ3) is 3.83. The van der Waals surface area contributed by atoms with Crippen LogP contribution in [0.2, 0.25) is 0 Å². The van der Waals surface area contributed by atoms with Crippen molar-refractivity contribution < 1.29 is 4.79 Å². The first-order chi connectivity index (χ1) is 17.1. The first kappa shape index (κ1) is 21.1. The van der Waals surface area contributed by atoms with E-state index in [1.807, 2.05) is 24.4 Å². The number of hydrogen-bond acceptors (Lipinski definition) is 7. The van der Waals surface area contributed by atoms with Gasteiger partial charge in [0.2, 0.25) is 5.91 Å². The molecule has 1 amide bonds. The molecule has 0 atom stereocenters. The molecule has 9 nitrogen and oxygen atoms in total. The summed E-state index contributed by atoms with van der Waals surface area (Å²) < 4.78 is 0. The van der Waals surface area contributed by atoms with Gasteiger partial charge in [-0.05, 0) is 37.3 Å². The minimum atomic E-state index is -0.0686. The zero-order valence-corrected chi connectivity index (χ0v) is 19.8. The standard InChI is InChI=1S/C25H20N8OS/c1-3-21(34)28-15-8-14(9-26-10-15)17-5-6-18-23(29-17)24(33-32-18)25-30-19-12-27-11-16(22(19)31-25)20-7-4-13(2)35-20/h4-12H,3H2,1-2H3,(H,28,34)(H,30,31)(H,32,33). The summed E-state index contributed by atoms with van der Waals surface area (Å²) in [4.78, 5) is 35.9. The van der Waals surface area contributed by atoms with Crippen LogP contribution in [-0.4, -0.2) is 41.0 Å². The van der Waals surface area contributed by atoms with E-state index in [0.29, 0.717) is 34.8 Å². The molecule has 0 aliphatic heterocycles. The minimum Gasteiger partial charge on any atom is -0.335 e. The summed E-state index contributed by atoms with van der Waals surface area (Å²) in [6, 6.07) is 9.86. The maximum Gasteiger partial charge on any atom is 0.224 e. The largest absolute Gasteiger partial charge is 0.335 e. The fraction of sp³-hybridized carbons (Fsp3) is 0.120. The number of imidazole rings is 1. The summed E-state index contributed by atoms with van der Waals surface area (Å²) in [5.41, 5.74) is 6.89. The minimum absolute atomic E-state index is 0.0686. The second-order valence-electron chi connectivity index (χ2n) is 8.11. The third-order valence-electron chi connectivity index (χ3n) is 5.67. The number of hydrogen-bond donors (Lipinski definition) is 3. The number of aromatic nitrogens is 7. The van der Waals surface area contributed by atoms with Crippen LogP contribution in [0.25, 0.3) is 55.3 Å². The van der Waals surface area contributed by atoms with E-state index in [0.717, 1.165) is 32.6 Å². The van der Waals surface area contributed by atoms with Crippen LogP contribution in [0.15, 0.2) is 55.1 Å². The van der Waals surface area contributed by atoms with Crippen molar-refractivity contribution in [2.45, 2.75) is 20.3 Å². The van der Waals surface area contributed by atoms with Gasteiger partial charge in [-0.2, -0.15) is 5.10 Å². The number of aryl methyl sites for hydroxylation is 1. The van der Waals surface area contributed by atoms with Gasteiger partial charge in [0, 0.05) is 39.7 Å². The molecule has 6 heterocycles. The number of fused-ring (bicyclic) bond motifs is 2. The maximum atomic E-state index is 11.8. The molecule has 0 saturated heterocycles. The zero-order chi connectivity index (χ0) is 23.9. The van der Waals surface area contributed by atoms with Crippen LogP contribution in [0.5, 0.6) is 0 Å². The molecule has 0 spiro atoms. The molecular weight excluding hydrogens is 460 g/mol. The molecule has 0 bridgehead atoms. The van der Waals surface area contributed by atoms with Gasteiger partial charge in [0.1, 0.15) is 11.0 Å². The highest BCUT2D eigenvalue weighted by molar-refractivity contribution is 7.15. The Kier molecular flexibility index (Phi) is 5.07. The van der Waals surface area contributed by atoms with Crippen molar-refractivity contribution in [3.8, 4) is 33.2 Å². The summed E-state index contributed by atoms with van der Waals surface area (Å²) in [7, 11) is 0. The molecule has 0 aliphatic carbocycles. The van der Waals surface area contributed by atoms with Crippen LogP contribution in [0.4, 0.5) is 5.69 Å². The smallest absolute Gasteiger partial charge is 0.224 e. The van der Waals surface area contributed by atoms with Gasteiger partial charge < -0.3 is 10.3 Å². The Balaban J connectivity index is 1.43. The molecular formula is C25H20N8OS. The highest BCUT2D eigenvalue weighted by Gasteiger charge is 2.18. The Hall–Kier alpha value is -4.44. The van der Waals surface area contributed by atoms with Gasteiger partial charge >= 0.3 is 0 Å². The molecule has 0 aliphatic rings. The summed E-state index contributed by atoms with van der Waals surface area (Å²) in [6.07, 6.45) is 7.35. The van der Waals surface area contributed by atoms with E-state index in [9.17, 15) is 4.79 Å². The topological polar surface area (TPSA) is 125 Å². The fourth-order valence-electron chi connectivity index (χ4n) is 3.93. The quantitative estimate of drug-likeness (QED) is 0.306. The van der Waals surface area contributed by atoms with Gasteiger partial charge in [0.05, 0.1) is 34.8 Å². The molecule has 3 N–H and O–H groups in total. The monoisotopic (exact) mass is 480 g/mol. The molecule has 6 aromatic heterocycles. The van der Waals surface area contributed by atoms with Crippen LogP contribution in [-0.2, 0) is 4.79 Å². The first-order valence-electron chi connectivity index (χ1n) is 11.1. The van der Waals surface area contributed by atoms with Crippen molar-refractivity contribution in [1.29, 1.82) is 0 Å². The number of thiophene rings is 1. The van der Waals surface area contributed by atoms with Crippen LogP contribution < -0.4 is 5.32 Å². The van der Waals surface area contributed by atoms with Crippen molar-refractivity contribution in [1.82, 2.24) is 35.1 Å². The number of H-pyrrole nitrogens is 2. The third-order valence-corrected chi connectivity index (χ3v) is 6.70. The van der Waals surface area contributed by atoms with E-state index in [-0.39, 0.29) is 5.91 Å². The number of carbonyl (C=O) groups excluding carboxylic acids is 1.